The number of carbonyl (C=O) groups excluding carboxylic acids is 1. The molecule has 0 unspecified atom stereocenters. The number of aryl methyl sites for hydroxylation is 3. The Bertz CT molecular complexity index is 809. The first kappa shape index (κ1) is 35.3. The second kappa shape index (κ2) is 24.3. The fourth-order valence-electron chi connectivity index (χ4n) is 2.62. The predicted octanol–water partition coefficient (Wildman–Crippen LogP) is 6.83. The number of rotatable bonds is 7. The molecular formula is C29H46N2O3. The van der Waals surface area contributed by atoms with Crippen LogP contribution < -0.4 is 11.1 Å². The van der Waals surface area contributed by atoms with Gasteiger partial charge in [-0.25, -0.2) is 0 Å². The van der Waals surface area contributed by atoms with Crippen molar-refractivity contribution in [2.24, 2.45) is 5.73 Å². The average molecular weight is 471 g/mol. The second-order valence-electron chi connectivity index (χ2n) is 6.98. The van der Waals surface area contributed by atoms with Gasteiger partial charge in [-0.05, 0) is 68.9 Å². The summed E-state index contributed by atoms with van der Waals surface area (Å²) in [5, 5.41) is 9.70. The molecule has 0 spiro atoms. The molecule has 0 aliphatic rings. The molecule has 34 heavy (non-hydrogen) atoms. The van der Waals surface area contributed by atoms with E-state index in [9.17, 15) is 4.79 Å². The third-order valence-corrected chi connectivity index (χ3v) is 4.31. The Labute approximate surface area is 207 Å². The Kier molecular flexibility index (Phi) is 25.2. The highest BCUT2D eigenvalue weighted by molar-refractivity contribution is 5.65. The van der Waals surface area contributed by atoms with Gasteiger partial charge in [-0.1, -0.05) is 88.4 Å². The molecule has 0 radical (unpaired) electrons. The number of allylic oxidation sites excluding steroid dienone is 3. The number of carbonyl (C=O) groups is 2. The zero-order valence-electron chi connectivity index (χ0n) is 22.4. The Morgan fingerprint density at radius 2 is 1.53 bits per heavy atom. The van der Waals surface area contributed by atoms with Crippen LogP contribution in [0.1, 0.15) is 64.7 Å². The Balaban J connectivity index is -0.000000619. The van der Waals surface area contributed by atoms with Crippen molar-refractivity contribution in [3.63, 3.8) is 0 Å². The van der Waals surface area contributed by atoms with Crippen LogP contribution in [0.25, 0.3) is 11.1 Å². The normalized spacial score (nSPS) is 10.1. The van der Waals surface area contributed by atoms with Crippen LogP contribution in [-0.2, 0) is 16.0 Å². The van der Waals surface area contributed by atoms with Crippen molar-refractivity contribution in [1.82, 2.24) is 5.32 Å². The molecule has 2 aromatic rings. The molecule has 190 valence electrons. The molecule has 0 aromatic heterocycles. The highest BCUT2D eigenvalue weighted by Gasteiger charge is 2.06. The SMILES string of the molecule is C=C/C=C(\C)N.CC.CC.Cc1ccc(-c2ccc(C)c(CC[C@H](C)NC=O)c2)cc1.O=CO. The van der Waals surface area contributed by atoms with Crippen LogP contribution in [0.2, 0.25) is 0 Å². The molecule has 0 aliphatic carbocycles. The van der Waals surface area contributed by atoms with Gasteiger partial charge >= 0.3 is 0 Å². The smallest absolute Gasteiger partial charge is 0.290 e. The minimum absolute atomic E-state index is 0.213. The summed E-state index contributed by atoms with van der Waals surface area (Å²) in [6.07, 6.45) is 6.13. The number of nitrogens with two attached hydrogens (primary N) is 1. The fourth-order valence-corrected chi connectivity index (χ4v) is 2.62. The summed E-state index contributed by atoms with van der Waals surface area (Å²) in [4.78, 5) is 18.8. The standard InChI is InChI=1S/C19H23NO.C5H9N.2C2H6.CH2O2/c1-14-4-8-17(9-5-14)19-10-6-15(2)18(12-19)11-7-16(3)20-13-21;1-3-4-5(2)6;2*1-2;2-1-3/h4-6,8-10,12-13,16H,7,11H2,1-3H3,(H,20,21);3-4H,1,6H2,2H3;2*1-2H3;1H,(H,2,3)/b;5-4+;;;/t16-;;;;/m0..../s1. The highest BCUT2D eigenvalue weighted by atomic mass is 16.3. The molecule has 0 fully saturated rings. The lowest BCUT2D eigenvalue weighted by molar-refractivity contribution is -0.122. The number of hydrogen-bond donors (Lipinski definition) is 3. The van der Waals surface area contributed by atoms with Crippen molar-refractivity contribution in [2.75, 3.05) is 0 Å². The maximum absolute atomic E-state index is 10.4. The summed E-state index contributed by atoms with van der Waals surface area (Å²) >= 11 is 0. The minimum atomic E-state index is -0.250. The van der Waals surface area contributed by atoms with E-state index in [0.717, 1.165) is 24.9 Å². The Morgan fingerprint density at radius 1 is 1.03 bits per heavy atom. The summed E-state index contributed by atoms with van der Waals surface area (Å²) in [5.74, 6) is 0. The van der Waals surface area contributed by atoms with Crippen molar-refractivity contribution >= 4 is 12.9 Å². The molecule has 0 aliphatic heterocycles. The lowest BCUT2D eigenvalue weighted by Crippen LogP contribution is -2.24. The van der Waals surface area contributed by atoms with E-state index in [1.165, 1.54) is 27.8 Å². The first-order valence-electron chi connectivity index (χ1n) is 11.8. The van der Waals surface area contributed by atoms with E-state index in [-0.39, 0.29) is 12.5 Å². The van der Waals surface area contributed by atoms with Gasteiger partial charge in [-0.3, -0.25) is 9.59 Å². The lowest BCUT2D eigenvalue weighted by Gasteiger charge is -2.13. The number of benzene rings is 2. The van der Waals surface area contributed by atoms with E-state index < -0.39 is 0 Å². The third kappa shape index (κ3) is 18.3. The molecule has 0 heterocycles. The van der Waals surface area contributed by atoms with Gasteiger partial charge in [0.25, 0.3) is 6.47 Å². The van der Waals surface area contributed by atoms with Gasteiger partial charge in [0.2, 0.25) is 6.41 Å². The minimum Gasteiger partial charge on any atom is -0.483 e. The summed E-state index contributed by atoms with van der Waals surface area (Å²) < 4.78 is 0. The Hall–Kier alpha value is -3.34. The quantitative estimate of drug-likeness (QED) is 0.305. The zero-order valence-corrected chi connectivity index (χ0v) is 22.4. The summed E-state index contributed by atoms with van der Waals surface area (Å²) in [7, 11) is 0. The first-order valence-corrected chi connectivity index (χ1v) is 11.8. The predicted molar refractivity (Wildman–Crippen MR) is 148 cm³/mol. The first-order chi connectivity index (χ1) is 16.3. The molecule has 1 atom stereocenters. The van der Waals surface area contributed by atoms with Crippen molar-refractivity contribution in [3.05, 3.63) is 83.6 Å². The van der Waals surface area contributed by atoms with Crippen LogP contribution in [0.3, 0.4) is 0 Å². The third-order valence-electron chi connectivity index (χ3n) is 4.31. The molecular weight excluding hydrogens is 424 g/mol. The number of nitrogens with one attached hydrogen (secondary N) is 1. The van der Waals surface area contributed by atoms with E-state index >= 15 is 0 Å². The number of amides is 1. The molecule has 5 heteroatoms. The van der Waals surface area contributed by atoms with Crippen LogP contribution in [-0.4, -0.2) is 24.0 Å². The van der Waals surface area contributed by atoms with E-state index in [1.807, 2.05) is 41.5 Å². The van der Waals surface area contributed by atoms with Crippen LogP contribution >= 0.6 is 0 Å². The van der Waals surface area contributed by atoms with Gasteiger partial charge in [0.1, 0.15) is 0 Å². The van der Waals surface area contributed by atoms with Crippen molar-refractivity contribution in [2.45, 2.75) is 74.3 Å². The van der Waals surface area contributed by atoms with Gasteiger partial charge in [0.05, 0.1) is 0 Å². The topological polar surface area (TPSA) is 92.4 Å². The van der Waals surface area contributed by atoms with Gasteiger partial charge in [-0.2, -0.15) is 0 Å². The zero-order chi connectivity index (χ0) is 26.9. The molecule has 1 amide bonds. The molecule has 0 saturated carbocycles. The van der Waals surface area contributed by atoms with Crippen molar-refractivity contribution in [1.29, 1.82) is 0 Å². The maximum atomic E-state index is 10.4. The van der Waals surface area contributed by atoms with Gasteiger partial charge in [0.15, 0.2) is 0 Å². The average Bonchev–Trinajstić information content (AvgIpc) is 2.83. The number of carboxylic acid groups (broad SMARTS) is 1. The van der Waals surface area contributed by atoms with Crippen LogP contribution in [0.4, 0.5) is 0 Å². The monoisotopic (exact) mass is 470 g/mol. The highest BCUT2D eigenvalue weighted by Crippen LogP contribution is 2.24. The van der Waals surface area contributed by atoms with Gasteiger partial charge in [0, 0.05) is 11.7 Å². The molecule has 2 rings (SSSR count). The Morgan fingerprint density at radius 3 is 1.94 bits per heavy atom. The van der Waals surface area contributed by atoms with Gasteiger partial charge < -0.3 is 16.2 Å². The molecule has 5 nitrogen and oxygen atoms in total. The summed E-state index contributed by atoms with van der Waals surface area (Å²) in [6.45, 7) is 19.3. The van der Waals surface area contributed by atoms with E-state index in [4.69, 9.17) is 15.6 Å². The summed E-state index contributed by atoms with van der Waals surface area (Å²) in [6, 6.07) is 15.5. The molecule has 2 aromatic carbocycles. The van der Waals surface area contributed by atoms with Crippen LogP contribution in [0.5, 0.6) is 0 Å². The summed E-state index contributed by atoms with van der Waals surface area (Å²) in [5.41, 5.74) is 12.4. The van der Waals surface area contributed by atoms with E-state index in [0.29, 0.717) is 0 Å². The van der Waals surface area contributed by atoms with Gasteiger partial charge in [-0.15, -0.1) is 0 Å². The molecule has 0 bridgehead atoms. The van der Waals surface area contributed by atoms with Crippen LogP contribution in [0, 0.1) is 13.8 Å². The lowest BCUT2D eigenvalue weighted by atomic mass is 9.96. The van der Waals surface area contributed by atoms with Crippen molar-refractivity contribution < 1.29 is 14.7 Å². The largest absolute Gasteiger partial charge is 0.483 e. The second-order valence-corrected chi connectivity index (χ2v) is 6.98. The number of hydrogen-bond acceptors (Lipinski definition) is 3. The molecule has 4 N–H and O–H groups in total. The van der Waals surface area contributed by atoms with E-state index in [1.54, 1.807) is 12.2 Å². The van der Waals surface area contributed by atoms with Crippen LogP contribution in [0.15, 0.2) is 66.9 Å². The molecule has 0 saturated heterocycles. The maximum Gasteiger partial charge on any atom is 0.290 e. The van der Waals surface area contributed by atoms with E-state index in [2.05, 4.69) is 68.2 Å². The van der Waals surface area contributed by atoms with Crippen molar-refractivity contribution in [3.8, 4) is 11.1 Å². The fraction of sp³-hybridized carbons (Fsp3) is 0.379.